The van der Waals surface area contributed by atoms with E-state index in [1.165, 1.54) is 0 Å². The number of allylic oxidation sites excluding steroid dienone is 2. The van der Waals surface area contributed by atoms with Crippen LogP contribution in [0.4, 0.5) is 0 Å². The highest BCUT2D eigenvalue weighted by atomic mass is 35.5. The van der Waals surface area contributed by atoms with Gasteiger partial charge in [-0.2, -0.15) is 0 Å². The summed E-state index contributed by atoms with van der Waals surface area (Å²) in [6, 6.07) is 0. The second-order valence-corrected chi connectivity index (χ2v) is 3.24. The van der Waals surface area contributed by atoms with Crippen LogP contribution in [0.2, 0.25) is 0 Å². The van der Waals surface area contributed by atoms with E-state index in [-0.39, 0.29) is 5.78 Å². The first-order valence-corrected chi connectivity index (χ1v) is 4.71. The fourth-order valence-corrected chi connectivity index (χ4v) is 1.30. The van der Waals surface area contributed by atoms with Crippen LogP contribution in [-0.4, -0.2) is 18.3 Å². The van der Waals surface area contributed by atoms with Gasteiger partial charge >= 0.3 is 0 Å². The zero-order chi connectivity index (χ0) is 8.97. The highest BCUT2D eigenvalue weighted by Crippen LogP contribution is 2.23. The maximum atomic E-state index is 11.1. The minimum Gasteiger partial charge on any atom is -0.497 e. The van der Waals surface area contributed by atoms with E-state index in [1.54, 1.807) is 0 Å². The van der Waals surface area contributed by atoms with Crippen LogP contribution < -0.4 is 0 Å². The molecule has 0 aromatic heterocycles. The molecule has 0 unspecified atom stereocenters. The molecule has 0 radical (unpaired) electrons. The summed E-state index contributed by atoms with van der Waals surface area (Å²) in [7, 11) is 0. The molecule has 0 saturated carbocycles. The Balaban J connectivity index is 2.37. The van der Waals surface area contributed by atoms with Crippen molar-refractivity contribution in [3.05, 3.63) is 11.3 Å². The highest BCUT2D eigenvalue weighted by molar-refractivity contribution is 6.17. The fourth-order valence-electron chi connectivity index (χ4n) is 1.19. The molecule has 0 fully saturated rings. The lowest BCUT2D eigenvalue weighted by Crippen LogP contribution is -1.96. The number of hydrogen-bond acceptors (Lipinski definition) is 2. The van der Waals surface area contributed by atoms with Gasteiger partial charge in [-0.15, -0.1) is 11.6 Å². The molecule has 68 valence electrons. The molecule has 0 aromatic carbocycles. The number of rotatable bonds is 4. The molecule has 0 amide bonds. The highest BCUT2D eigenvalue weighted by Gasteiger charge is 2.19. The van der Waals surface area contributed by atoms with Crippen molar-refractivity contribution in [1.29, 1.82) is 0 Å². The van der Waals surface area contributed by atoms with Crippen molar-refractivity contribution in [2.45, 2.75) is 26.2 Å². The van der Waals surface area contributed by atoms with Gasteiger partial charge in [-0.05, 0) is 13.3 Å². The number of halogens is 1. The predicted octanol–water partition coefficient (Wildman–Crippen LogP) is 2.27. The molecule has 0 spiro atoms. The Bertz CT molecular complexity index is 209. The molecule has 0 aromatic rings. The van der Waals surface area contributed by atoms with E-state index in [4.69, 9.17) is 16.3 Å². The Kier molecular flexibility index (Phi) is 3.60. The van der Waals surface area contributed by atoms with Crippen molar-refractivity contribution >= 4 is 17.4 Å². The van der Waals surface area contributed by atoms with Crippen molar-refractivity contribution in [3.63, 3.8) is 0 Å². The van der Waals surface area contributed by atoms with E-state index in [2.05, 4.69) is 0 Å². The third-order valence-corrected chi connectivity index (χ3v) is 2.24. The van der Waals surface area contributed by atoms with Crippen molar-refractivity contribution in [2.24, 2.45) is 0 Å². The van der Waals surface area contributed by atoms with E-state index in [0.717, 1.165) is 24.2 Å². The quantitative estimate of drug-likeness (QED) is 0.500. The van der Waals surface area contributed by atoms with Crippen LogP contribution in [0.1, 0.15) is 26.2 Å². The topological polar surface area (TPSA) is 26.3 Å². The second-order valence-electron chi connectivity index (χ2n) is 2.86. The van der Waals surface area contributed by atoms with Crippen LogP contribution in [-0.2, 0) is 9.53 Å². The Morgan fingerprint density at radius 1 is 1.50 bits per heavy atom. The maximum absolute atomic E-state index is 11.1. The number of alkyl halides is 1. The van der Waals surface area contributed by atoms with Crippen molar-refractivity contribution in [3.8, 4) is 0 Å². The van der Waals surface area contributed by atoms with Gasteiger partial charge in [-0.25, -0.2) is 0 Å². The Hall–Kier alpha value is -0.500. The molecule has 2 nitrogen and oxygen atoms in total. The van der Waals surface area contributed by atoms with Crippen LogP contribution in [0, 0.1) is 0 Å². The van der Waals surface area contributed by atoms with Crippen LogP contribution in [0.25, 0.3) is 0 Å². The molecule has 3 heteroatoms. The van der Waals surface area contributed by atoms with Gasteiger partial charge in [0.1, 0.15) is 5.76 Å². The first-order valence-electron chi connectivity index (χ1n) is 4.17. The van der Waals surface area contributed by atoms with E-state index >= 15 is 0 Å². The normalized spacial score (nSPS) is 17.3. The number of carbonyl (C=O) groups is 1. The van der Waals surface area contributed by atoms with Gasteiger partial charge in [0.15, 0.2) is 5.78 Å². The van der Waals surface area contributed by atoms with E-state index in [0.29, 0.717) is 18.9 Å². The number of ether oxygens (including phenoxy) is 1. The van der Waals surface area contributed by atoms with E-state index in [9.17, 15) is 4.79 Å². The summed E-state index contributed by atoms with van der Waals surface area (Å²) < 4.78 is 5.40. The second kappa shape index (κ2) is 4.51. The van der Waals surface area contributed by atoms with Crippen LogP contribution in [0.5, 0.6) is 0 Å². The molecule has 1 rings (SSSR count). The molecule has 1 aliphatic carbocycles. The van der Waals surface area contributed by atoms with Gasteiger partial charge < -0.3 is 4.74 Å². The largest absolute Gasteiger partial charge is 0.497 e. The smallest absolute Gasteiger partial charge is 0.162 e. The van der Waals surface area contributed by atoms with Gasteiger partial charge in [0.2, 0.25) is 0 Å². The van der Waals surface area contributed by atoms with Crippen LogP contribution >= 0.6 is 11.6 Å². The standard InChI is InChI=1S/C9H13ClO2/c1-7-8(11)3-4-9(7)12-6-2-5-10/h2-6H2,1H3. The summed E-state index contributed by atoms with van der Waals surface area (Å²) in [5.41, 5.74) is 0.796. The lowest BCUT2D eigenvalue weighted by molar-refractivity contribution is -0.114. The number of hydrogen-bond donors (Lipinski definition) is 0. The minimum atomic E-state index is 0.218. The van der Waals surface area contributed by atoms with Gasteiger partial charge in [0.25, 0.3) is 0 Å². The monoisotopic (exact) mass is 188 g/mol. The molecule has 0 bridgehead atoms. The average molecular weight is 189 g/mol. The summed E-state index contributed by atoms with van der Waals surface area (Å²) >= 11 is 5.49. The summed E-state index contributed by atoms with van der Waals surface area (Å²) in [6.45, 7) is 2.45. The number of Topliss-reactive ketones (excluding diaryl/α,β-unsaturated/α-hetero) is 1. The fraction of sp³-hybridized carbons (Fsp3) is 0.667. The minimum absolute atomic E-state index is 0.218. The van der Waals surface area contributed by atoms with Gasteiger partial charge in [-0.1, -0.05) is 0 Å². The molecular weight excluding hydrogens is 176 g/mol. The first kappa shape index (κ1) is 9.59. The molecule has 12 heavy (non-hydrogen) atoms. The van der Waals surface area contributed by atoms with Crippen molar-refractivity contribution < 1.29 is 9.53 Å². The summed E-state index contributed by atoms with van der Waals surface area (Å²) in [5.74, 6) is 1.70. The number of carbonyl (C=O) groups excluding carboxylic acids is 1. The first-order chi connectivity index (χ1) is 5.75. The van der Waals surface area contributed by atoms with E-state index < -0.39 is 0 Å². The van der Waals surface area contributed by atoms with Crippen LogP contribution in [0.3, 0.4) is 0 Å². The van der Waals surface area contributed by atoms with Gasteiger partial charge in [0, 0.05) is 24.3 Å². The summed E-state index contributed by atoms with van der Waals surface area (Å²) in [4.78, 5) is 11.1. The van der Waals surface area contributed by atoms with Crippen molar-refractivity contribution in [1.82, 2.24) is 0 Å². The molecular formula is C9H13ClO2. The molecule has 0 aliphatic heterocycles. The zero-order valence-electron chi connectivity index (χ0n) is 7.23. The molecule has 0 saturated heterocycles. The van der Waals surface area contributed by atoms with Gasteiger partial charge in [0.05, 0.1) is 6.61 Å². The lowest BCUT2D eigenvalue weighted by atomic mass is 10.2. The summed E-state index contributed by atoms with van der Waals surface area (Å²) in [6.07, 6.45) is 2.22. The molecule has 0 N–H and O–H groups in total. The maximum Gasteiger partial charge on any atom is 0.162 e. The molecule has 0 atom stereocenters. The predicted molar refractivity (Wildman–Crippen MR) is 48.2 cm³/mol. The lowest BCUT2D eigenvalue weighted by Gasteiger charge is -2.05. The SMILES string of the molecule is CC1=C(OCCCCl)CCC1=O. The molecule has 0 heterocycles. The molecule has 1 aliphatic rings. The Labute approximate surface area is 77.5 Å². The zero-order valence-corrected chi connectivity index (χ0v) is 7.99. The Morgan fingerprint density at radius 3 is 2.75 bits per heavy atom. The van der Waals surface area contributed by atoms with Crippen LogP contribution in [0.15, 0.2) is 11.3 Å². The summed E-state index contributed by atoms with van der Waals surface area (Å²) in [5, 5.41) is 0. The third kappa shape index (κ3) is 2.24. The average Bonchev–Trinajstić information content (AvgIpc) is 2.36. The Morgan fingerprint density at radius 2 is 2.25 bits per heavy atom. The van der Waals surface area contributed by atoms with E-state index in [1.807, 2.05) is 6.92 Å². The van der Waals surface area contributed by atoms with Gasteiger partial charge in [-0.3, -0.25) is 4.79 Å². The number of ketones is 1. The van der Waals surface area contributed by atoms with Crippen molar-refractivity contribution in [2.75, 3.05) is 12.5 Å². The third-order valence-electron chi connectivity index (χ3n) is 1.97.